The van der Waals surface area contributed by atoms with E-state index in [2.05, 4.69) is 5.32 Å². The highest BCUT2D eigenvalue weighted by Gasteiger charge is 2.44. The topological polar surface area (TPSA) is 32.3 Å². The molecule has 1 aliphatic heterocycles. The lowest BCUT2D eigenvalue weighted by Crippen LogP contribution is -2.50. The van der Waals surface area contributed by atoms with Crippen molar-refractivity contribution in [2.24, 2.45) is 11.8 Å². The molecule has 2 aliphatic rings. The second kappa shape index (κ2) is 5.62. The van der Waals surface area contributed by atoms with Gasteiger partial charge in [0, 0.05) is 0 Å². The van der Waals surface area contributed by atoms with Crippen molar-refractivity contribution >= 4 is 34.8 Å². The van der Waals surface area contributed by atoms with Gasteiger partial charge in [0.15, 0.2) is 0 Å². The summed E-state index contributed by atoms with van der Waals surface area (Å²) in [4.78, 5) is 0. The number of nitrogens with one attached hydrogen (secondary N) is 1. The molecule has 16 heavy (non-hydrogen) atoms. The van der Waals surface area contributed by atoms with Gasteiger partial charge < -0.3 is 10.4 Å². The van der Waals surface area contributed by atoms with E-state index in [4.69, 9.17) is 34.8 Å². The molecule has 94 valence electrons. The SMILES string of the molecule is OC1C(Cl)C(Cl)C(Cl)CC1C1CCNCC1. The Balaban J connectivity index is 2.02. The smallest absolute Gasteiger partial charge is 0.0775 e. The van der Waals surface area contributed by atoms with E-state index in [1.807, 2.05) is 0 Å². The zero-order valence-corrected chi connectivity index (χ0v) is 11.3. The van der Waals surface area contributed by atoms with Crippen LogP contribution in [0, 0.1) is 11.8 Å². The van der Waals surface area contributed by atoms with Gasteiger partial charge in [-0.15, -0.1) is 34.8 Å². The first-order valence-corrected chi connectivity index (χ1v) is 7.23. The third kappa shape index (κ3) is 2.62. The van der Waals surface area contributed by atoms with Gasteiger partial charge in [-0.1, -0.05) is 0 Å². The summed E-state index contributed by atoms with van der Waals surface area (Å²) in [6, 6.07) is 0. The molecule has 0 bridgehead atoms. The van der Waals surface area contributed by atoms with Gasteiger partial charge >= 0.3 is 0 Å². The summed E-state index contributed by atoms with van der Waals surface area (Å²) >= 11 is 18.4. The van der Waals surface area contributed by atoms with E-state index in [1.54, 1.807) is 0 Å². The van der Waals surface area contributed by atoms with Crippen molar-refractivity contribution in [3.8, 4) is 0 Å². The number of rotatable bonds is 1. The van der Waals surface area contributed by atoms with Crippen LogP contribution in [0.5, 0.6) is 0 Å². The maximum atomic E-state index is 10.2. The van der Waals surface area contributed by atoms with Gasteiger partial charge in [-0.05, 0) is 44.2 Å². The van der Waals surface area contributed by atoms with Gasteiger partial charge in [0.05, 0.1) is 22.2 Å². The van der Waals surface area contributed by atoms with Crippen molar-refractivity contribution in [2.75, 3.05) is 13.1 Å². The van der Waals surface area contributed by atoms with E-state index < -0.39 is 11.5 Å². The molecule has 0 aromatic rings. The number of aliphatic hydroxyl groups is 1. The lowest BCUT2D eigenvalue weighted by molar-refractivity contribution is 0.0338. The minimum absolute atomic E-state index is 0.118. The highest BCUT2D eigenvalue weighted by molar-refractivity contribution is 6.35. The Morgan fingerprint density at radius 2 is 1.62 bits per heavy atom. The normalized spacial score (nSPS) is 46.9. The molecule has 2 N–H and O–H groups in total. The maximum Gasteiger partial charge on any atom is 0.0775 e. The summed E-state index contributed by atoms with van der Waals surface area (Å²) in [6.07, 6.45) is 2.47. The van der Waals surface area contributed by atoms with Crippen LogP contribution in [-0.4, -0.2) is 40.4 Å². The minimum atomic E-state index is -0.512. The summed E-state index contributed by atoms with van der Waals surface area (Å²) in [5.41, 5.74) is 0. The summed E-state index contributed by atoms with van der Waals surface area (Å²) in [5, 5.41) is 12.6. The minimum Gasteiger partial charge on any atom is -0.391 e. The van der Waals surface area contributed by atoms with Crippen LogP contribution < -0.4 is 5.32 Å². The third-order valence-corrected chi connectivity index (χ3v) is 5.71. The largest absolute Gasteiger partial charge is 0.391 e. The Morgan fingerprint density at radius 1 is 1.00 bits per heavy atom. The van der Waals surface area contributed by atoms with Crippen molar-refractivity contribution in [3.05, 3.63) is 0 Å². The van der Waals surface area contributed by atoms with Gasteiger partial charge in [0.25, 0.3) is 0 Å². The summed E-state index contributed by atoms with van der Waals surface area (Å²) in [6.45, 7) is 2.05. The Hall–Kier alpha value is 0.790. The van der Waals surface area contributed by atoms with Crippen molar-refractivity contribution in [1.82, 2.24) is 5.32 Å². The van der Waals surface area contributed by atoms with Crippen LogP contribution in [0.15, 0.2) is 0 Å². The molecule has 1 heterocycles. The molecule has 1 saturated carbocycles. The van der Waals surface area contributed by atoms with Crippen molar-refractivity contribution in [3.63, 3.8) is 0 Å². The van der Waals surface area contributed by atoms with Crippen molar-refractivity contribution < 1.29 is 5.11 Å². The third-order valence-electron chi connectivity index (χ3n) is 3.90. The van der Waals surface area contributed by atoms with Crippen LogP contribution in [0.4, 0.5) is 0 Å². The van der Waals surface area contributed by atoms with E-state index in [9.17, 15) is 5.11 Å². The van der Waals surface area contributed by atoms with Crippen LogP contribution in [0.25, 0.3) is 0 Å². The highest BCUT2D eigenvalue weighted by atomic mass is 35.5. The van der Waals surface area contributed by atoms with E-state index in [0.717, 1.165) is 32.4 Å². The standard InChI is InChI=1S/C11H18Cl3NO/c12-8-5-7(6-1-3-15-4-2-6)11(16)10(14)9(8)13/h6-11,15-16H,1-5H2. The zero-order chi connectivity index (χ0) is 11.7. The molecule has 0 aromatic carbocycles. The van der Waals surface area contributed by atoms with E-state index >= 15 is 0 Å². The number of aliphatic hydroxyl groups excluding tert-OH is 1. The molecule has 5 heteroatoms. The molecule has 5 unspecified atom stereocenters. The van der Waals surface area contributed by atoms with E-state index in [-0.39, 0.29) is 16.7 Å². The van der Waals surface area contributed by atoms with E-state index in [0.29, 0.717) is 5.92 Å². The first-order valence-electron chi connectivity index (χ1n) is 5.92. The Labute approximate surface area is 112 Å². The molecule has 0 radical (unpaired) electrons. The zero-order valence-electron chi connectivity index (χ0n) is 9.08. The van der Waals surface area contributed by atoms with Crippen LogP contribution in [0.3, 0.4) is 0 Å². The Morgan fingerprint density at radius 3 is 2.25 bits per heavy atom. The fraction of sp³-hybridized carbons (Fsp3) is 1.00. The Kier molecular flexibility index (Phi) is 4.65. The molecular weight excluding hydrogens is 268 g/mol. The lowest BCUT2D eigenvalue weighted by atomic mass is 9.74. The molecule has 2 nitrogen and oxygen atoms in total. The average Bonchev–Trinajstić information content (AvgIpc) is 2.32. The molecular formula is C11H18Cl3NO. The monoisotopic (exact) mass is 285 g/mol. The second-order valence-electron chi connectivity index (χ2n) is 4.88. The number of hydrogen-bond acceptors (Lipinski definition) is 2. The van der Waals surface area contributed by atoms with Crippen LogP contribution in [0.2, 0.25) is 0 Å². The summed E-state index contributed by atoms with van der Waals surface area (Å²) in [5.74, 6) is 0.741. The van der Waals surface area contributed by atoms with Crippen LogP contribution >= 0.6 is 34.8 Å². The molecule has 2 rings (SSSR count). The number of piperidine rings is 1. The van der Waals surface area contributed by atoms with Gasteiger partial charge in [-0.2, -0.15) is 0 Å². The lowest BCUT2D eigenvalue weighted by Gasteiger charge is -2.42. The summed E-state index contributed by atoms with van der Waals surface area (Å²) in [7, 11) is 0. The van der Waals surface area contributed by atoms with Gasteiger partial charge in [0.1, 0.15) is 0 Å². The van der Waals surface area contributed by atoms with Gasteiger partial charge in [-0.25, -0.2) is 0 Å². The first-order chi connectivity index (χ1) is 7.61. The van der Waals surface area contributed by atoms with Crippen molar-refractivity contribution in [2.45, 2.75) is 41.5 Å². The van der Waals surface area contributed by atoms with Crippen molar-refractivity contribution in [1.29, 1.82) is 0 Å². The Bertz CT molecular complexity index is 233. The number of hydrogen-bond donors (Lipinski definition) is 2. The molecule has 0 amide bonds. The average molecular weight is 287 g/mol. The highest BCUT2D eigenvalue weighted by Crippen LogP contribution is 2.40. The predicted molar refractivity (Wildman–Crippen MR) is 68.6 cm³/mol. The maximum absolute atomic E-state index is 10.2. The quantitative estimate of drug-likeness (QED) is 0.724. The van der Waals surface area contributed by atoms with E-state index in [1.165, 1.54) is 0 Å². The van der Waals surface area contributed by atoms with Crippen LogP contribution in [-0.2, 0) is 0 Å². The number of halogens is 3. The molecule has 1 aliphatic carbocycles. The van der Waals surface area contributed by atoms with Gasteiger partial charge in [0.2, 0.25) is 0 Å². The molecule has 0 aromatic heterocycles. The second-order valence-corrected chi connectivity index (χ2v) is 6.45. The summed E-state index contributed by atoms with van der Waals surface area (Å²) < 4.78 is 0. The molecule has 2 fully saturated rings. The number of alkyl halides is 3. The fourth-order valence-electron chi connectivity index (χ4n) is 2.90. The molecule has 5 atom stereocenters. The predicted octanol–water partition coefficient (Wildman–Crippen LogP) is 2.19. The molecule has 1 saturated heterocycles. The first kappa shape index (κ1) is 13.2. The molecule has 0 spiro atoms. The van der Waals surface area contributed by atoms with Crippen LogP contribution in [0.1, 0.15) is 19.3 Å². The fourth-order valence-corrected chi connectivity index (χ4v) is 3.95. The van der Waals surface area contributed by atoms with Gasteiger partial charge in [-0.3, -0.25) is 0 Å².